The van der Waals surface area contributed by atoms with Crippen molar-refractivity contribution in [2.75, 3.05) is 13.1 Å². The highest BCUT2D eigenvalue weighted by Gasteiger charge is 2.29. The number of hydrogen-bond donors (Lipinski definition) is 0. The molecule has 1 fully saturated rings. The second kappa shape index (κ2) is 8.85. The minimum absolute atomic E-state index is 0.0921. The van der Waals surface area contributed by atoms with Crippen molar-refractivity contribution in [1.29, 1.82) is 0 Å². The van der Waals surface area contributed by atoms with Gasteiger partial charge in [-0.1, -0.05) is 35.5 Å². The number of piperidine rings is 1. The van der Waals surface area contributed by atoms with Gasteiger partial charge >= 0.3 is 0 Å². The van der Waals surface area contributed by atoms with E-state index in [9.17, 15) is 14.0 Å². The van der Waals surface area contributed by atoms with Crippen molar-refractivity contribution in [1.82, 2.24) is 19.8 Å². The van der Waals surface area contributed by atoms with Gasteiger partial charge < -0.3 is 9.42 Å². The minimum atomic E-state index is -0.288. The average molecular weight is 461 g/mol. The lowest BCUT2D eigenvalue weighted by molar-refractivity contribution is 0.0685. The van der Waals surface area contributed by atoms with Crippen molar-refractivity contribution in [3.8, 4) is 0 Å². The second-order valence-electron chi connectivity index (χ2n) is 8.77. The summed E-state index contributed by atoms with van der Waals surface area (Å²) in [6.45, 7) is 4.53. The zero-order chi connectivity index (χ0) is 23.8. The number of carbonyl (C=O) groups is 1. The van der Waals surface area contributed by atoms with Crippen molar-refractivity contribution in [3.05, 3.63) is 93.0 Å². The minimum Gasteiger partial charge on any atom is -0.361 e. The summed E-state index contributed by atoms with van der Waals surface area (Å²) in [6, 6.07) is 13.7. The summed E-state index contributed by atoms with van der Waals surface area (Å²) < 4.78 is 20.1. The molecule has 174 valence electrons. The molecular weight excluding hydrogens is 435 g/mol. The summed E-state index contributed by atoms with van der Waals surface area (Å²) in [5.74, 6) is 0.137. The van der Waals surface area contributed by atoms with E-state index in [4.69, 9.17) is 9.62 Å². The van der Waals surface area contributed by atoms with Gasteiger partial charge in [0.1, 0.15) is 17.1 Å². The molecule has 7 nitrogen and oxygen atoms in total. The number of nitrogens with zero attached hydrogens (tertiary/aromatic N) is 4. The lowest BCUT2D eigenvalue weighted by Gasteiger charge is -2.32. The summed E-state index contributed by atoms with van der Waals surface area (Å²) in [5, 5.41) is 10.1. The van der Waals surface area contributed by atoms with Gasteiger partial charge in [0.05, 0.1) is 22.8 Å². The van der Waals surface area contributed by atoms with E-state index in [2.05, 4.69) is 5.16 Å². The predicted octanol–water partition coefficient (Wildman–Crippen LogP) is 4.21. The Hall–Kier alpha value is -3.81. The first-order valence-corrected chi connectivity index (χ1v) is 11.4. The highest BCUT2D eigenvalue weighted by Crippen LogP contribution is 2.25. The topological polar surface area (TPSA) is 81.2 Å². The highest BCUT2D eigenvalue weighted by molar-refractivity contribution is 5.96. The summed E-state index contributed by atoms with van der Waals surface area (Å²) >= 11 is 0. The van der Waals surface area contributed by atoms with E-state index in [1.54, 1.807) is 35.6 Å². The molecule has 0 aliphatic carbocycles. The third kappa shape index (κ3) is 4.00. The Kier molecular flexibility index (Phi) is 5.73. The molecule has 1 saturated heterocycles. The Morgan fingerprint density at radius 3 is 2.38 bits per heavy atom. The number of fused-ring (bicyclic) bond motifs is 1. The molecular formula is C26H25FN4O3. The smallest absolute Gasteiger partial charge is 0.274 e. The first-order valence-electron chi connectivity index (χ1n) is 11.4. The van der Waals surface area contributed by atoms with Crippen LogP contribution < -0.4 is 5.56 Å². The molecule has 1 aliphatic rings. The van der Waals surface area contributed by atoms with E-state index in [0.717, 1.165) is 16.6 Å². The van der Waals surface area contributed by atoms with Crippen LogP contribution in [0.15, 0.2) is 57.8 Å². The van der Waals surface area contributed by atoms with E-state index in [1.807, 2.05) is 24.3 Å². The highest BCUT2D eigenvalue weighted by atomic mass is 19.1. The van der Waals surface area contributed by atoms with Crippen molar-refractivity contribution < 1.29 is 13.7 Å². The van der Waals surface area contributed by atoms with Crippen LogP contribution >= 0.6 is 0 Å². The van der Waals surface area contributed by atoms with Crippen LogP contribution in [0.1, 0.15) is 52.0 Å². The zero-order valence-electron chi connectivity index (χ0n) is 19.1. The van der Waals surface area contributed by atoms with Crippen LogP contribution in [0.5, 0.6) is 0 Å². The fourth-order valence-electron chi connectivity index (χ4n) is 4.71. The summed E-state index contributed by atoms with van der Waals surface area (Å²) in [6.07, 6.45) is 1.73. The second-order valence-corrected chi connectivity index (χ2v) is 8.77. The number of amides is 1. The molecule has 0 N–H and O–H groups in total. The molecule has 2 aromatic heterocycles. The van der Waals surface area contributed by atoms with Crippen molar-refractivity contribution in [2.45, 2.75) is 39.2 Å². The largest absolute Gasteiger partial charge is 0.361 e. The van der Waals surface area contributed by atoms with E-state index in [-0.39, 0.29) is 23.3 Å². The fraction of sp³-hybridized carbons (Fsp3) is 0.308. The molecule has 0 spiro atoms. The van der Waals surface area contributed by atoms with Gasteiger partial charge in [-0.15, -0.1) is 0 Å². The Morgan fingerprint density at radius 2 is 1.74 bits per heavy atom. The number of benzene rings is 2. The van der Waals surface area contributed by atoms with Gasteiger partial charge in [0.2, 0.25) is 0 Å². The standard InChI is InChI=1S/C26H25FN4O3/c1-16-24(17(2)34-29-16)26(33)30-13-11-20(12-14-30)31-25(32)22-6-4-3-5-21(22)23(28-31)15-18-7-9-19(27)10-8-18/h3-10,20H,11-15H2,1-2H3. The number of likely N-dealkylation sites (tertiary alicyclic amines) is 1. The first kappa shape index (κ1) is 22.0. The molecule has 3 heterocycles. The summed E-state index contributed by atoms with van der Waals surface area (Å²) in [7, 11) is 0. The number of aryl methyl sites for hydroxylation is 2. The Labute approximate surface area is 195 Å². The molecule has 0 atom stereocenters. The van der Waals surface area contributed by atoms with Crippen molar-refractivity contribution in [2.24, 2.45) is 0 Å². The van der Waals surface area contributed by atoms with Crippen LogP contribution in [-0.4, -0.2) is 38.8 Å². The van der Waals surface area contributed by atoms with Crippen LogP contribution in [0.3, 0.4) is 0 Å². The van der Waals surface area contributed by atoms with Gasteiger partial charge in [-0.25, -0.2) is 9.07 Å². The van der Waals surface area contributed by atoms with Gasteiger partial charge in [-0.05, 0) is 50.5 Å². The van der Waals surface area contributed by atoms with E-state index in [1.165, 1.54) is 12.1 Å². The molecule has 1 aliphatic heterocycles. The molecule has 0 radical (unpaired) electrons. The van der Waals surface area contributed by atoms with Crippen LogP contribution in [0, 0.1) is 19.7 Å². The van der Waals surface area contributed by atoms with Crippen LogP contribution in [-0.2, 0) is 6.42 Å². The Morgan fingerprint density at radius 1 is 1.06 bits per heavy atom. The van der Waals surface area contributed by atoms with Crippen molar-refractivity contribution in [3.63, 3.8) is 0 Å². The predicted molar refractivity (Wildman–Crippen MR) is 125 cm³/mol. The number of rotatable bonds is 4. The molecule has 0 bridgehead atoms. The van der Waals surface area contributed by atoms with Crippen LogP contribution in [0.2, 0.25) is 0 Å². The molecule has 0 saturated carbocycles. The monoisotopic (exact) mass is 460 g/mol. The molecule has 34 heavy (non-hydrogen) atoms. The fourth-order valence-corrected chi connectivity index (χ4v) is 4.71. The lowest BCUT2D eigenvalue weighted by Crippen LogP contribution is -2.42. The number of halogens is 1. The molecule has 2 aromatic carbocycles. The van der Waals surface area contributed by atoms with Gasteiger partial charge in [0.15, 0.2) is 0 Å². The third-order valence-corrected chi connectivity index (χ3v) is 6.53. The summed E-state index contributed by atoms with van der Waals surface area (Å²) in [5.41, 5.74) is 2.66. The zero-order valence-corrected chi connectivity index (χ0v) is 19.1. The number of carbonyl (C=O) groups excluding carboxylic acids is 1. The van der Waals surface area contributed by atoms with Crippen LogP contribution in [0.25, 0.3) is 10.8 Å². The Bertz CT molecular complexity index is 1400. The molecule has 0 unspecified atom stereocenters. The van der Waals surface area contributed by atoms with Gasteiger partial charge in [-0.3, -0.25) is 9.59 Å². The maximum Gasteiger partial charge on any atom is 0.274 e. The molecule has 1 amide bonds. The van der Waals surface area contributed by atoms with Gasteiger partial charge in [-0.2, -0.15) is 5.10 Å². The Balaban J connectivity index is 1.43. The third-order valence-electron chi connectivity index (χ3n) is 6.53. The maximum absolute atomic E-state index is 13.4. The summed E-state index contributed by atoms with van der Waals surface area (Å²) in [4.78, 5) is 28.1. The van der Waals surface area contributed by atoms with E-state index >= 15 is 0 Å². The van der Waals surface area contributed by atoms with Gasteiger partial charge in [0.25, 0.3) is 11.5 Å². The normalized spacial score (nSPS) is 14.6. The van der Waals surface area contributed by atoms with E-state index < -0.39 is 0 Å². The van der Waals surface area contributed by atoms with Gasteiger partial charge in [0, 0.05) is 24.9 Å². The lowest BCUT2D eigenvalue weighted by atomic mass is 10.0. The average Bonchev–Trinajstić information content (AvgIpc) is 3.19. The van der Waals surface area contributed by atoms with Crippen molar-refractivity contribution >= 4 is 16.7 Å². The molecule has 5 rings (SSSR count). The molecule has 4 aromatic rings. The SMILES string of the molecule is Cc1noc(C)c1C(=O)N1CCC(n2nc(Cc3ccc(F)cc3)c3ccccc3c2=O)CC1. The van der Waals surface area contributed by atoms with Crippen LogP contribution in [0.4, 0.5) is 4.39 Å². The quantitative estimate of drug-likeness (QED) is 0.456. The first-order chi connectivity index (χ1) is 16.4. The maximum atomic E-state index is 13.4. The number of hydrogen-bond acceptors (Lipinski definition) is 5. The van der Waals surface area contributed by atoms with E-state index in [0.29, 0.717) is 54.8 Å². The molecule has 8 heteroatoms. The number of aromatic nitrogens is 3.